The summed E-state index contributed by atoms with van der Waals surface area (Å²) >= 11 is 12.0. The Balaban J connectivity index is 2.51. The van der Waals surface area contributed by atoms with Crippen molar-refractivity contribution in [3.8, 4) is 0 Å². The van der Waals surface area contributed by atoms with Crippen molar-refractivity contribution in [1.82, 2.24) is 0 Å². The average molecular weight is 284 g/mol. The fourth-order valence-corrected chi connectivity index (χ4v) is 2.26. The maximum atomic E-state index is 14.0. The summed E-state index contributed by atoms with van der Waals surface area (Å²) in [5, 5.41) is 0.783. The van der Waals surface area contributed by atoms with E-state index in [0.717, 1.165) is 0 Å². The number of hydrogen-bond acceptors (Lipinski definition) is 1. The van der Waals surface area contributed by atoms with Crippen molar-refractivity contribution in [3.63, 3.8) is 0 Å². The van der Waals surface area contributed by atoms with Crippen molar-refractivity contribution in [2.75, 3.05) is 0 Å². The highest BCUT2D eigenvalue weighted by molar-refractivity contribution is 6.42. The second-order valence-electron chi connectivity index (χ2n) is 4.10. The molecule has 1 atom stereocenters. The van der Waals surface area contributed by atoms with E-state index in [9.17, 15) is 4.39 Å². The number of hydrogen-bond donors (Lipinski definition) is 1. The third kappa shape index (κ3) is 2.37. The smallest absolute Gasteiger partial charge is 0.131 e. The predicted octanol–water partition coefficient (Wildman–Crippen LogP) is 4.49. The molecule has 0 aliphatic carbocycles. The zero-order valence-electron chi connectivity index (χ0n) is 9.75. The molecule has 2 N–H and O–H groups in total. The highest BCUT2D eigenvalue weighted by Gasteiger charge is 2.18. The van der Waals surface area contributed by atoms with Crippen LogP contribution in [0.1, 0.15) is 22.7 Å². The third-order valence-electron chi connectivity index (χ3n) is 2.87. The van der Waals surface area contributed by atoms with Crippen LogP contribution in [0.15, 0.2) is 36.4 Å². The van der Waals surface area contributed by atoms with E-state index in [2.05, 4.69) is 0 Å². The monoisotopic (exact) mass is 283 g/mol. The molecule has 0 fully saturated rings. The summed E-state index contributed by atoms with van der Waals surface area (Å²) in [5.41, 5.74) is 7.66. The third-order valence-corrected chi connectivity index (χ3v) is 3.71. The first-order chi connectivity index (χ1) is 8.52. The van der Waals surface area contributed by atoms with Gasteiger partial charge in [-0.1, -0.05) is 53.5 Å². The average Bonchev–Trinajstić information content (AvgIpc) is 2.35. The predicted molar refractivity (Wildman–Crippen MR) is 73.6 cm³/mol. The molecule has 0 amide bonds. The van der Waals surface area contributed by atoms with Gasteiger partial charge in [0, 0.05) is 5.56 Å². The molecule has 0 saturated heterocycles. The molecule has 94 valence electrons. The van der Waals surface area contributed by atoms with Crippen LogP contribution in [0.25, 0.3) is 0 Å². The molecule has 0 radical (unpaired) electrons. The van der Waals surface area contributed by atoms with Crippen LogP contribution in [-0.4, -0.2) is 0 Å². The summed E-state index contributed by atoms with van der Waals surface area (Å²) in [6.45, 7) is 1.70. The molecular weight excluding hydrogens is 272 g/mol. The Hall–Kier alpha value is -1.09. The molecule has 0 spiro atoms. The van der Waals surface area contributed by atoms with E-state index in [4.69, 9.17) is 28.9 Å². The normalized spacial score (nSPS) is 12.5. The van der Waals surface area contributed by atoms with Gasteiger partial charge in [-0.3, -0.25) is 0 Å². The van der Waals surface area contributed by atoms with Crippen LogP contribution in [0.4, 0.5) is 4.39 Å². The summed E-state index contributed by atoms with van der Waals surface area (Å²) < 4.78 is 14.0. The molecular formula is C14H12Cl2FN. The van der Waals surface area contributed by atoms with Crippen molar-refractivity contribution in [3.05, 3.63) is 69.0 Å². The molecule has 0 saturated carbocycles. The van der Waals surface area contributed by atoms with Crippen LogP contribution in [0.3, 0.4) is 0 Å². The number of halogens is 3. The Morgan fingerprint density at radius 3 is 2.39 bits per heavy atom. The second kappa shape index (κ2) is 5.27. The molecule has 2 aromatic carbocycles. The fraction of sp³-hybridized carbons (Fsp3) is 0.143. The zero-order chi connectivity index (χ0) is 13.3. The van der Waals surface area contributed by atoms with Crippen LogP contribution in [0, 0.1) is 12.7 Å². The maximum absolute atomic E-state index is 14.0. The molecule has 1 nitrogen and oxygen atoms in total. The molecule has 18 heavy (non-hydrogen) atoms. The van der Waals surface area contributed by atoms with Gasteiger partial charge in [0.2, 0.25) is 0 Å². The summed E-state index contributed by atoms with van der Waals surface area (Å²) in [6.07, 6.45) is 0. The van der Waals surface area contributed by atoms with Crippen LogP contribution in [0.5, 0.6) is 0 Å². The Morgan fingerprint density at radius 2 is 1.67 bits per heavy atom. The van der Waals surface area contributed by atoms with E-state index in [1.165, 1.54) is 0 Å². The van der Waals surface area contributed by atoms with Crippen LogP contribution >= 0.6 is 23.2 Å². The zero-order valence-corrected chi connectivity index (χ0v) is 11.3. The quantitative estimate of drug-likeness (QED) is 0.864. The molecule has 2 aromatic rings. The minimum absolute atomic E-state index is 0.305. The molecule has 1 unspecified atom stereocenters. The summed E-state index contributed by atoms with van der Waals surface area (Å²) in [5.74, 6) is -0.305. The lowest BCUT2D eigenvalue weighted by atomic mass is 9.97. The van der Waals surface area contributed by atoms with E-state index in [-0.39, 0.29) is 5.82 Å². The van der Waals surface area contributed by atoms with Crippen molar-refractivity contribution in [2.45, 2.75) is 13.0 Å². The van der Waals surface area contributed by atoms with Gasteiger partial charge in [-0.25, -0.2) is 4.39 Å². The number of nitrogens with two attached hydrogens (primary N) is 1. The van der Waals surface area contributed by atoms with Gasteiger partial charge in [0.1, 0.15) is 5.82 Å². The van der Waals surface area contributed by atoms with E-state index >= 15 is 0 Å². The van der Waals surface area contributed by atoms with Crippen molar-refractivity contribution < 1.29 is 4.39 Å². The van der Waals surface area contributed by atoms with E-state index < -0.39 is 6.04 Å². The Kier molecular flexibility index (Phi) is 3.91. The molecule has 2 rings (SSSR count). The standard InChI is InChI=1S/C14H12Cl2FN/c1-8-4-2-6-10(13(8)17)14(18)9-5-3-7-11(15)12(9)16/h2-7,14H,18H2,1H3. The SMILES string of the molecule is Cc1cccc(C(N)c2cccc(Cl)c2Cl)c1F. The lowest BCUT2D eigenvalue weighted by molar-refractivity contribution is 0.591. The van der Waals surface area contributed by atoms with Crippen molar-refractivity contribution >= 4 is 23.2 Å². The van der Waals surface area contributed by atoms with Gasteiger partial charge in [-0.15, -0.1) is 0 Å². The van der Waals surface area contributed by atoms with Gasteiger partial charge in [-0.2, -0.15) is 0 Å². The topological polar surface area (TPSA) is 26.0 Å². The molecule has 0 bridgehead atoms. The summed E-state index contributed by atoms with van der Waals surface area (Å²) in [6, 6.07) is 9.67. The van der Waals surface area contributed by atoms with Crippen LogP contribution < -0.4 is 5.73 Å². The first-order valence-electron chi connectivity index (χ1n) is 5.47. The van der Waals surface area contributed by atoms with Gasteiger partial charge in [0.05, 0.1) is 16.1 Å². The van der Waals surface area contributed by atoms with Gasteiger partial charge in [0.15, 0.2) is 0 Å². The summed E-state index contributed by atoms with van der Waals surface area (Å²) in [7, 11) is 0. The molecule has 0 aliphatic rings. The lowest BCUT2D eigenvalue weighted by Gasteiger charge is -2.16. The first kappa shape index (κ1) is 13.3. The largest absolute Gasteiger partial charge is 0.320 e. The number of rotatable bonds is 2. The summed E-state index contributed by atoms with van der Waals surface area (Å²) in [4.78, 5) is 0. The number of benzene rings is 2. The van der Waals surface area contributed by atoms with Gasteiger partial charge in [-0.05, 0) is 24.1 Å². The highest BCUT2D eigenvalue weighted by Crippen LogP contribution is 2.33. The van der Waals surface area contributed by atoms with E-state index in [0.29, 0.717) is 26.7 Å². The molecule has 0 aliphatic heterocycles. The van der Waals surface area contributed by atoms with Crippen LogP contribution in [-0.2, 0) is 0 Å². The fourth-order valence-electron chi connectivity index (χ4n) is 1.84. The minimum Gasteiger partial charge on any atom is -0.320 e. The number of aryl methyl sites for hydroxylation is 1. The Labute approximate surface area is 115 Å². The first-order valence-corrected chi connectivity index (χ1v) is 6.22. The Morgan fingerprint density at radius 1 is 1.06 bits per heavy atom. The Bertz CT molecular complexity index is 533. The van der Waals surface area contributed by atoms with Crippen molar-refractivity contribution in [2.24, 2.45) is 5.73 Å². The van der Waals surface area contributed by atoms with Gasteiger partial charge < -0.3 is 5.73 Å². The van der Waals surface area contributed by atoms with Gasteiger partial charge >= 0.3 is 0 Å². The van der Waals surface area contributed by atoms with E-state index in [1.807, 2.05) is 0 Å². The van der Waals surface area contributed by atoms with E-state index in [1.54, 1.807) is 43.3 Å². The van der Waals surface area contributed by atoms with Crippen LogP contribution in [0.2, 0.25) is 10.0 Å². The minimum atomic E-state index is -0.629. The molecule has 4 heteroatoms. The lowest BCUT2D eigenvalue weighted by Crippen LogP contribution is -2.14. The molecule has 0 heterocycles. The van der Waals surface area contributed by atoms with Crippen molar-refractivity contribution in [1.29, 1.82) is 0 Å². The van der Waals surface area contributed by atoms with Gasteiger partial charge in [0.25, 0.3) is 0 Å². The maximum Gasteiger partial charge on any atom is 0.131 e. The molecule has 0 aromatic heterocycles. The second-order valence-corrected chi connectivity index (χ2v) is 4.88. The highest BCUT2D eigenvalue weighted by atomic mass is 35.5.